The van der Waals surface area contributed by atoms with Crippen molar-refractivity contribution < 1.29 is 76.7 Å². The third-order valence-electron chi connectivity index (χ3n) is 26.4. The number of carbonyl (C=O) groups is 16. The fourth-order valence-corrected chi connectivity index (χ4v) is 20.8. The van der Waals surface area contributed by atoms with E-state index >= 15 is 0 Å². The monoisotopic (exact) mass is 2160 g/mol. The van der Waals surface area contributed by atoms with Crippen molar-refractivity contribution in [1.29, 1.82) is 0 Å². The number of hydrogen-bond acceptors (Lipinski definition) is 26. The van der Waals surface area contributed by atoms with Gasteiger partial charge in [0.15, 0.2) is 0 Å². The molecule has 828 valence electrons. The van der Waals surface area contributed by atoms with Crippen LogP contribution in [0.4, 0.5) is 11.4 Å². The molecule has 6 unspecified atom stereocenters. The largest absolute Gasteiger partial charge is 0.382 e. The average molecular weight is 2160 g/mol. The number of thiocarbonyl (C=S) groups is 4. The van der Waals surface area contributed by atoms with E-state index in [1.807, 2.05) is 86.9 Å². The van der Waals surface area contributed by atoms with Gasteiger partial charge < -0.3 is 96.5 Å². The van der Waals surface area contributed by atoms with Gasteiger partial charge in [-0.2, -0.15) is 9.98 Å². The Morgan fingerprint density at radius 1 is 0.327 bits per heavy atom. The molecule has 38 nitrogen and oxygen atoms in total. The SMILES string of the molecule is CC(=O)NCC1CC2(NC(=O)Cc3ccc(N=C=S)cc3)C[C@@H](CNC(C)=O)N1[C@@H](CNC(C)=O)C2.CC(=O)NCCCC(CCCNC(C)=O)(CCCNC(C)=O)NC(=O)Cc1ccc(N=C=S)cc1.CN.CN.CNC(=S)Cc1ccc(CC(=O)CC(CCCNC(C)=O)(CCCNC(C)=O)CCCNC(C)=O)cc1.CNC(=S)Cc1ccc(CC(=O)CC23CC(CNC(C)=O)N([C@H](CNC(C)=O)C2)[C@@H](CNC(C)=O)C3)cc1. The molecule has 20 N–H and O–H groups in total. The van der Waals surface area contributed by atoms with Crippen LogP contribution in [0.2, 0.25) is 0 Å². The Labute approximate surface area is 907 Å². The van der Waals surface area contributed by atoms with Gasteiger partial charge in [0.1, 0.15) is 11.6 Å². The number of benzene rings is 4. The Hall–Kier alpha value is -12.0. The van der Waals surface area contributed by atoms with E-state index in [0.29, 0.717) is 186 Å². The number of aliphatic imine (C=N–C) groups is 2. The Bertz CT molecular complexity index is 4890. The Morgan fingerprint density at radius 2 is 0.560 bits per heavy atom. The van der Waals surface area contributed by atoms with Crippen molar-refractivity contribution in [3.8, 4) is 0 Å². The predicted molar refractivity (Wildman–Crippen MR) is 600 cm³/mol. The lowest BCUT2D eigenvalue weighted by molar-refractivity contribution is -0.137. The molecule has 6 fully saturated rings. The van der Waals surface area contributed by atoms with Gasteiger partial charge in [-0.25, -0.2) is 0 Å². The number of piperidine rings is 6. The average Bonchev–Trinajstić information content (AvgIpc) is 0.739. The van der Waals surface area contributed by atoms with Crippen LogP contribution in [0.15, 0.2) is 107 Å². The van der Waals surface area contributed by atoms with Crippen LogP contribution >= 0.6 is 48.9 Å². The molecule has 0 spiro atoms. The molecule has 6 aliphatic rings. The molecule has 4 bridgehead atoms. The molecule has 0 aliphatic carbocycles. The van der Waals surface area contributed by atoms with Gasteiger partial charge in [-0.3, -0.25) is 86.5 Å². The van der Waals surface area contributed by atoms with Crippen molar-refractivity contribution in [3.05, 3.63) is 130 Å². The van der Waals surface area contributed by atoms with Crippen molar-refractivity contribution >= 4 is 175 Å². The summed E-state index contributed by atoms with van der Waals surface area (Å²) in [6, 6.07) is 30.4. The third-order valence-corrected chi connectivity index (χ3v) is 27.2. The number of fused-ring (bicyclic) bond motifs is 6. The lowest BCUT2D eigenvalue weighted by Crippen LogP contribution is -2.75. The molecule has 4 aromatic rings. The summed E-state index contributed by atoms with van der Waals surface area (Å²) in [6.45, 7) is 23.6. The summed E-state index contributed by atoms with van der Waals surface area (Å²) in [5, 5.41) is 51.7. The summed E-state index contributed by atoms with van der Waals surface area (Å²) in [5.41, 5.74) is 14.6. The summed E-state index contributed by atoms with van der Waals surface area (Å²) in [4.78, 5) is 205. The Morgan fingerprint density at radius 3 is 0.820 bits per heavy atom. The first kappa shape index (κ1) is 132. The number of nitrogens with two attached hydrogens (primary N) is 2. The van der Waals surface area contributed by atoms with Gasteiger partial charge in [-0.1, -0.05) is 97.2 Å². The van der Waals surface area contributed by atoms with Crippen LogP contribution in [0.25, 0.3) is 0 Å². The Kier molecular flexibility index (Phi) is 63.2. The van der Waals surface area contributed by atoms with E-state index in [0.717, 1.165) is 101 Å². The maximum atomic E-state index is 13.4. The van der Waals surface area contributed by atoms with E-state index in [4.69, 9.17) is 24.4 Å². The number of nitrogens with zero attached hydrogens (tertiary/aromatic N) is 4. The molecule has 6 saturated heterocycles. The number of Topliss-reactive ketones (excluding diaryl/α,β-unsaturated/α-hetero) is 2. The first-order valence-electron chi connectivity index (χ1n) is 51.5. The molecule has 14 amide bonds. The van der Waals surface area contributed by atoms with E-state index in [-0.39, 0.29) is 154 Å². The van der Waals surface area contributed by atoms with E-state index < -0.39 is 11.1 Å². The minimum absolute atomic E-state index is 0.0158. The number of likely N-dealkylation sites (N-methyl/N-ethyl adjacent to an activating group) is 2. The highest BCUT2D eigenvalue weighted by Gasteiger charge is 2.56. The highest BCUT2D eigenvalue weighted by molar-refractivity contribution is 7.80. The minimum Gasteiger partial charge on any atom is -0.382 e. The zero-order valence-corrected chi connectivity index (χ0v) is 93.9. The van der Waals surface area contributed by atoms with Crippen LogP contribution in [-0.2, 0) is 115 Å². The first-order valence-corrected chi connectivity index (χ1v) is 53.1. The van der Waals surface area contributed by atoms with Gasteiger partial charge in [0, 0.05) is 262 Å². The topological polar surface area (TPSA) is 549 Å². The zero-order chi connectivity index (χ0) is 112. The summed E-state index contributed by atoms with van der Waals surface area (Å²) in [6.07, 6.45) is 16.2. The second kappa shape index (κ2) is 71.7. The molecule has 0 aromatic heterocycles. The van der Waals surface area contributed by atoms with Crippen LogP contribution in [-0.4, -0.2) is 278 Å². The number of carbonyl (C=O) groups excluding carboxylic acids is 16. The van der Waals surface area contributed by atoms with Gasteiger partial charge in [-0.05, 0) is 223 Å². The van der Waals surface area contributed by atoms with Crippen LogP contribution in [0.3, 0.4) is 0 Å². The molecular weight excluding hydrogens is 1990 g/mol. The lowest BCUT2D eigenvalue weighted by atomic mass is 9.61. The van der Waals surface area contributed by atoms with E-state index in [1.54, 1.807) is 24.3 Å². The smallest absolute Gasteiger partial charge is 0.224 e. The highest BCUT2D eigenvalue weighted by Crippen LogP contribution is 2.52. The van der Waals surface area contributed by atoms with Crippen LogP contribution < -0.4 is 96.5 Å². The van der Waals surface area contributed by atoms with Crippen molar-refractivity contribution in [1.82, 2.24) is 94.9 Å². The van der Waals surface area contributed by atoms with Crippen molar-refractivity contribution in [3.63, 3.8) is 0 Å². The molecule has 0 radical (unpaired) electrons. The van der Waals surface area contributed by atoms with E-state index in [1.165, 1.54) is 97.2 Å². The number of ketones is 2. The van der Waals surface area contributed by atoms with Gasteiger partial charge in [-0.15, -0.1) is 0 Å². The molecule has 42 heteroatoms. The molecular formula is C108H166N22O16S4. The molecule has 150 heavy (non-hydrogen) atoms. The summed E-state index contributed by atoms with van der Waals surface area (Å²) in [7, 11) is 6.62. The second-order valence-corrected chi connectivity index (χ2v) is 40.4. The Balaban J connectivity index is 0.000000508. The molecule has 10 rings (SSSR count). The standard InChI is InChI=1S/C28H41N5O4S.C28H44N4O4S.C25H34N6O4S.C25H37N5O4S.2CH5N/c1-18(34)30-15-23-11-28(14-26(37)9-21-5-7-22(8-6-21)10-27(38)29-4)12-24(16-31-19(2)35)33(23)25(13-28)17-32-20(3)36;1-21(33)30-15-5-12-28(13-6-16-31-22(2)34,14-7-17-32-23(3)35)20-26(36)18-24-8-10-25(11-9-24)19-27(37)29-4;1-16(32)26-12-21-9-25(30-24(35)8-19-4-6-20(7-5-19)29-15-36)10-22(13-27-17(2)33)31(21)23(11-25)14-28-18(3)34;1-19(31)26-14-4-11-25(12-5-15-27-20(2)32,13-6-16-28-21(3)33)30-24(34)17-22-7-9-23(10-8-22)29-18-35;2*1-2/h5-8,23-25H,9-17H2,1-4H3,(H,29,38)(H,30,34)(H,31,35)(H,32,36);8-11H,5-7,12-20H2,1-4H3,(H,29,37)(H,30,33)(H,31,34)(H,32,35);4-7,21-23H,8-14H2,1-3H3,(H,26,32)(H,27,33)(H,28,34)(H,30,35);7-10H,4-6,11-17H2,1-3H3,(H,26,31)(H,27,32)(H,28,33)(H,30,34);2*2H2,1H3/t23-,24+,25?,28?;;21-,22+,23?,25?;;;. The van der Waals surface area contributed by atoms with Crippen LogP contribution in [0, 0.1) is 10.8 Å². The third kappa shape index (κ3) is 54.1. The number of rotatable bonds is 56. The minimum atomic E-state index is -0.534. The normalized spacial score (nSPS) is 18.1. The highest BCUT2D eigenvalue weighted by atomic mass is 32.1. The molecule has 4 aromatic carbocycles. The molecule has 6 aliphatic heterocycles. The fourth-order valence-electron chi connectivity index (χ4n) is 20.3. The number of amides is 14. The van der Waals surface area contributed by atoms with E-state index in [9.17, 15) is 76.7 Å². The van der Waals surface area contributed by atoms with Gasteiger partial charge in [0.2, 0.25) is 82.7 Å². The summed E-state index contributed by atoms with van der Waals surface area (Å²) in [5.74, 6) is -1.10. The second-order valence-electron chi connectivity index (χ2n) is 39.1. The van der Waals surface area contributed by atoms with Crippen LogP contribution in [0.5, 0.6) is 0 Å². The summed E-state index contributed by atoms with van der Waals surface area (Å²) >= 11 is 19.7. The van der Waals surface area contributed by atoms with E-state index in [2.05, 4.69) is 151 Å². The van der Waals surface area contributed by atoms with Crippen LogP contribution in [0.1, 0.15) is 245 Å². The number of isothiocyanates is 2. The number of nitrogens with one attached hydrogen (secondary N) is 16. The quantitative estimate of drug-likeness (QED) is 0.0122. The maximum Gasteiger partial charge on any atom is 0.224 e. The van der Waals surface area contributed by atoms with Crippen molar-refractivity contribution in [2.45, 2.75) is 297 Å². The fraction of sp³-hybridized carbons (Fsp3) is 0.593. The van der Waals surface area contributed by atoms with Gasteiger partial charge in [0.25, 0.3) is 0 Å². The predicted octanol–water partition coefficient (Wildman–Crippen LogP) is 6.84. The first-order chi connectivity index (χ1) is 71.3. The lowest BCUT2D eigenvalue weighted by Gasteiger charge is -2.61. The molecule has 6 heterocycles. The summed E-state index contributed by atoms with van der Waals surface area (Å²) < 4.78 is 0. The van der Waals surface area contributed by atoms with Crippen molar-refractivity contribution in [2.75, 3.05) is 107 Å². The zero-order valence-electron chi connectivity index (χ0n) is 90.7. The van der Waals surface area contributed by atoms with Crippen molar-refractivity contribution in [2.24, 2.45) is 32.3 Å². The molecule has 0 saturated carbocycles. The molecule has 10 atom stereocenters. The maximum absolute atomic E-state index is 13.4. The number of hydrogen-bond donors (Lipinski definition) is 18. The van der Waals surface area contributed by atoms with Gasteiger partial charge >= 0.3 is 0 Å². The van der Waals surface area contributed by atoms with Gasteiger partial charge in [0.05, 0.1) is 44.5 Å².